The Bertz CT molecular complexity index is 406. The minimum atomic E-state index is -1.07. The van der Waals surface area contributed by atoms with Crippen LogP contribution >= 0.6 is 0 Å². The Kier molecular flexibility index (Phi) is 5.51. The number of nitrogens with one attached hydrogen (secondary N) is 1. The van der Waals surface area contributed by atoms with E-state index in [-0.39, 0.29) is 6.04 Å². The van der Waals surface area contributed by atoms with Gasteiger partial charge in [-0.3, -0.25) is 5.32 Å². The van der Waals surface area contributed by atoms with E-state index in [0.29, 0.717) is 6.54 Å². The number of hydrogen-bond donors (Lipinski definition) is 2. The Morgan fingerprint density at radius 2 is 1.95 bits per heavy atom. The fraction of sp³-hybridized carbons (Fsp3) is 0.533. The van der Waals surface area contributed by atoms with E-state index in [2.05, 4.69) is 5.32 Å². The van der Waals surface area contributed by atoms with Crippen LogP contribution in [-0.2, 0) is 10.3 Å². The van der Waals surface area contributed by atoms with Crippen molar-refractivity contribution in [2.45, 2.75) is 32.4 Å². The van der Waals surface area contributed by atoms with Crippen molar-refractivity contribution in [2.24, 2.45) is 0 Å². The number of carbonyl (C=O) groups is 1. The van der Waals surface area contributed by atoms with Crippen LogP contribution in [0.4, 0.5) is 0 Å². The Balaban J connectivity index is 3.23. The fourth-order valence-corrected chi connectivity index (χ4v) is 2.21. The van der Waals surface area contributed by atoms with Crippen LogP contribution in [0.1, 0.15) is 26.3 Å². The first-order chi connectivity index (χ1) is 8.92. The van der Waals surface area contributed by atoms with Crippen molar-refractivity contribution in [3.05, 3.63) is 35.9 Å². The normalized spacial score (nSPS) is 14.6. The second kappa shape index (κ2) is 6.68. The number of carboxylic acids is 1. The standard InChI is InChI=1S/C15H24N2O2/c1-5-17(4)11-15(14(18)19,16-12(2)3)13-9-7-6-8-10-13/h6-10,12,16H,5,11H2,1-4H3,(H,18,19). The molecule has 2 N–H and O–H groups in total. The first kappa shape index (κ1) is 15.7. The molecule has 1 aromatic carbocycles. The van der Waals surface area contributed by atoms with Gasteiger partial charge >= 0.3 is 5.97 Å². The van der Waals surface area contributed by atoms with Gasteiger partial charge in [-0.1, -0.05) is 37.3 Å². The highest BCUT2D eigenvalue weighted by Gasteiger charge is 2.41. The summed E-state index contributed by atoms with van der Waals surface area (Å²) in [5, 5.41) is 13.0. The minimum Gasteiger partial charge on any atom is -0.480 e. The second-order valence-corrected chi connectivity index (χ2v) is 5.21. The Morgan fingerprint density at radius 3 is 2.37 bits per heavy atom. The van der Waals surface area contributed by atoms with Crippen LogP contribution in [0.3, 0.4) is 0 Å². The fourth-order valence-electron chi connectivity index (χ4n) is 2.21. The maximum atomic E-state index is 11.9. The lowest BCUT2D eigenvalue weighted by atomic mass is 9.88. The predicted octanol–water partition coefficient (Wildman–Crippen LogP) is 1.92. The number of benzene rings is 1. The minimum absolute atomic E-state index is 0.0848. The molecule has 0 saturated carbocycles. The molecule has 1 atom stereocenters. The molecule has 4 heteroatoms. The molecule has 106 valence electrons. The van der Waals surface area contributed by atoms with Crippen LogP contribution in [0.25, 0.3) is 0 Å². The monoisotopic (exact) mass is 264 g/mol. The van der Waals surface area contributed by atoms with Crippen LogP contribution in [0.2, 0.25) is 0 Å². The lowest BCUT2D eigenvalue weighted by Gasteiger charge is -2.36. The first-order valence-electron chi connectivity index (χ1n) is 6.67. The predicted molar refractivity (Wildman–Crippen MR) is 77.2 cm³/mol. The maximum absolute atomic E-state index is 11.9. The summed E-state index contributed by atoms with van der Waals surface area (Å²) in [6, 6.07) is 9.47. The van der Waals surface area contributed by atoms with Gasteiger partial charge in [-0.25, -0.2) is 4.79 Å². The number of carboxylic acid groups (broad SMARTS) is 1. The molecule has 0 spiro atoms. The molecule has 4 nitrogen and oxygen atoms in total. The average Bonchev–Trinajstić information content (AvgIpc) is 2.37. The summed E-state index contributed by atoms with van der Waals surface area (Å²) in [4.78, 5) is 13.9. The van der Waals surface area contributed by atoms with Gasteiger partial charge in [0.05, 0.1) is 0 Å². The van der Waals surface area contributed by atoms with Crippen molar-refractivity contribution in [2.75, 3.05) is 20.1 Å². The van der Waals surface area contributed by atoms with Gasteiger partial charge in [0, 0.05) is 12.6 Å². The SMILES string of the molecule is CCN(C)CC(NC(C)C)(C(=O)O)c1ccccc1. The van der Waals surface area contributed by atoms with Crippen LogP contribution < -0.4 is 5.32 Å². The molecule has 0 bridgehead atoms. The molecule has 1 unspecified atom stereocenters. The molecule has 19 heavy (non-hydrogen) atoms. The van der Waals surface area contributed by atoms with Crippen molar-refractivity contribution >= 4 is 5.97 Å². The lowest BCUT2D eigenvalue weighted by Crippen LogP contribution is -2.57. The van der Waals surface area contributed by atoms with Crippen LogP contribution in [0.5, 0.6) is 0 Å². The molecule has 0 heterocycles. The molecule has 0 aromatic heterocycles. The molecule has 0 aliphatic carbocycles. The lowest BCUT2D eigenvalue weighted by molar-refractivity contribution is -0.146. The first-order valence-corrected chi connectivity index (χ1v) is 6.67. The Labute approximate surface area is 115 Å². The molecule has 1 aromatic rings. The quantitative estimate of drug-likeness (QED) is 0.790. The average molecular weight is 264 g/mol. The zero-order valence-electron chi connectivity index (χ0n) is 12.2. The van der Waals surface area contributed by atoms with E-state index in [1.807, 2.05) is 63.1 Å². The second-order valence-electron chi connectivity index (χ2n) is 5.21. The van der Waals surface area contributed by atoms with E-state index >= 15 is 0 Å². The summed E-state index contributed by atoms with van der Waals surface area (Å²) in [6.45, 7) is 7.19. The van der Waals surface area contributed by atoms with E-state index in [1.165, 1.54) is 0 Å². The van der Waals surface area contributed by atoms with E-state index < -0.39 is 11.5 Å². The highest BCUT2D eigenvalue weighted by Crippen LogP contribution is 2.23. The van der Waals surface area contributed by atoms with Crippen LogP contribution in [0, 0.1) is 0 Å². The van der Waals surface area contributed by atoms with Gasteiger partial charge in [0.1, 0.15) is 0 Å². The summed E-state index contributed by atoms with van der Waals surface area (Å²) in [5.41, 5.74) is -0.281. The summed E-state index contributed by atoms with van der Waals surface area (Å²) < 4.78 is 0. The molecular weight excluding hydrogens is 240 g/mol. The van der Waals surface area contributed by atoms with Crippen LogP contribution in [0.15, 0.2) is 30.3 Å². The van der Waals surface area contributed by atoms with Crippen LogP contribution in [-0.4, -0.2) is 42.2 Å². The van der Waals surface area contributed by atoms with Crippen molar-refractivity contribution in [3.63, 3.8) is 0 Å². The summed E-state index contributed by atoms with van der Waals surface area (Å²) >= 11 is 0. The third kappa shape index (κ3) is 3.78. The largest absolute Gasteiger partial charge is 0.480 e. The molecule has 0 fully saturated rings. The van der Waals surface area contributed by atoms with Gasteiger partial charge in [-0.15, -0.1) is 0 Å². The zero-order chi connectivity index (χ0) is 14.5. The highest BCUT2D eigenvalue weighted by atomic mass is 16.4. The number of nitrogens with zero attached hydrogens (tertiary/aromatic N) is 1. The molecule has 0 amide bonds. The van der Waals surface area contributed by atoms with E-state index in [0.717, 1.165) is 12.1 Å². The van der Waals surface area contributed by atoms with Gasteiger partial charge in [0.15, 0.2) is 5.54 Å². The van der Waals surface area contributed by atoms with Crippen molar-refractivity contribution in [3.8, 4) is 0 Å². The van der Waals surface area contributed by atoms with E-state index in [9.17, 15) is 9.90 Å². The molecule has 1 rings (SSSR count). The van der Waals surface area contributed by atoms with Crippen molar-refractivity contribution in [1.82, 2.24) is 10.2 Å². The van der Waals surface area contributed by atoms with Gasteiger partial charge in [-0.2, -0.15) is 0 Å². The number of aliphatic carboxylic acids is 1. The molecular formula is C15H24N2O2. The van der Waals surface area contributed by atoms with Gasteiger partial charge < -0.3 is 10.0 Å². The molecule has 0 saturated heterocycles. The smallest absolute Gasteiger partial charge is 0.329 e. The maximum Gasteiger partial charge on any atom is 0.329 e. The van der Waals surface area contributed by atoms with Gasteiger partial charge in [0.2, 0.25) is 0 Å². The summed E-state index contributed by atoms with van der Waals surface area (Å²) in [6.07, 6.45) is 0. The van der Waals surface area contributed by atoms with Crippen molar-refractivity contribution in [1.29, 1.82) is 0 Å². The Morgan fingerprint density at radius 1 is 1.37 bits per heavy atom. The zero-order valence-corrected chi connectivity index (χ0v) is 12.2. The highest BCUT2D eigenvalue weighted by molar-refractivity contribution is 5.81. The number of likely N-dealkylation sites (N-methyl/N-ethyl adjacent to an activating group) is 1. The van der Waals surface area contributed by atoms with E-state index in [4.69, 9.17) is 0 Å². The van der Waals surface area contributed by atoms with Crippen molar-refractivity contribution < 1.29 is 9.90 Å². The summed E-state index contributed by atoms with van der Waals surface area (Å²) in [5.74, 6) is -0.840. The van der Waals surface area contributed by atoms with Gasteiger partial charge in [-0.05, 0) is 33.0 Å². The Hall–Kier alpha value is -1.39. The summed E-state index contributed by atoms with van der Waals surface area (Å²) in [7, 11) is 1.93. The third-order valence-electron chi connectivity index (χ3n) is 3.21. The number of rotatable bonds is 7. The molecule has 0 aliphatic heterocycles. The topological polar surface area (TPSA) is 52.6 Å². The van der Waals surface area contributed by atoms with E-state index in [1.54, 1.807) is 0 Å². The molecule has 0 aliphatic rings. The third-order valence-corrected chi connectivity index (χ3v) is 3.21. The molecule has 0 radical (unpaired) electrons. The van der Waals surface area contributed by atoms with Gasteiger partial charge in [0.25, 0.3) is 0 Å². The number of hydrogen-bond acceptors (Lipinski definition) is 3.